The Morgan fingerprint density at radius 2 is 2.20 bits per heavy atom. The number of imidazole rings is 1. The number of hydrogen-bond acceptors (Lipinski definition) is 6. The first-order chi connectivity index (χ1) is 12.4. The van der Waals surface area contributed by atoms with Crippen molar-refractivity contribution < 1.29 is 13.9 Å². The summed E-state index contributed by atoms with van der Waals surface area (Å²) in [4.78, 5) is 4.40. The molecule has 1 N–H and O–H groups in total. The van der Waals surface area contributed by atoms with Crippen LogP contribution in [0.2, 0.25) is 0 Å². The first-order valence-electron chi connectivity index (χ1n) is 8.14. The second kappa shape index (κ2) is 5.87. The van der Waals surface area contributed by atoms with E-state index in [0.717, 1.165) is 28.1 Å². The van der Waals surface area contributed by atoms with Crippen LogP contribution in [0.3, 0.4) is 0 Å². The van der Waals surface area contributed by atoms with Crippen LogP contribution < -0.4 is 10.1 Å². The Balaban J connectivity index is 1.49. The van der Waals surface area contributed by atoms with Gasteiger partial charge in [0, 0.05) is 11.5 Å². The maximum absolute atomic E-state index is 5.93. The average molecular weight is 336 g/mol. The van der Waals surface area contributed by atoms with Gasteiger partial charge in [0.15, 0.2) is 11.4 Å². The van der Waals surface area contributed by atoms with E-state index in [1.165, 1.54) is 0 Å². The lowest BCUT2D eigenvalue weighted by Gasteiger charge is -2.10. The molecule has 0 bridgehead atoms. The second-order valence-corrected chi connectivity index (χ2v) is 5.96. The summed E-state index contributed by atoms with van der Waals surface area (Å²) in [6, 6.07) is 13.8. The Morgan fingerprint density at radius 3 is 3.08 bits per heavy atom. The molecule has 1 unspecified atom stereocenters. The highest BCUT2D eigenvalue weighted by molar-refractivity contribution is 5.82. The third kappa shape index (κ3) is 2.63. The van der Waals surface area contributed by atoms with E-state index in [9.17, 15) is 0 Å². The van der Waals surface area contributed by atoms with E-state index in [1.54, 1.807) is 10.7 Å². The van der Waals surface area contributed by atoms with Crippen LogP contribution in [0.15, 0.2) is 53.1 Å². The van der Waals surface area contributed by atoms with Crippen molar-refractivity contribution in [2.75, 3.05) is 19.9 Å². The molecule has 1 aromatic carbocycles. The largest absolute Gasteiger partial charge is 0.475 e. The van der Waals surface area contributed by atoms with Gasteiger partial charge in [-0.05, 0) is 18.2 Å². The lowest BCUT2D eigenvalue weighted by atomic mass is 10.2. The quantitative estimate of drug-likeness (QED) is 0.617. The number of para-hydroxylation sites is 1. The van der Waals surface area contributed by atoms with Crippen LogP contribution >= 0.6 is 0 Å². The van der Waals surface area contributed by atoms with Crippen LogP contribution in [0.5, 0.6) is 5.88 Å². The zero-order chi connectivity index (χ0) is 16.6. The standard InChI is InChI=1S/C18H16N4O3/c1-2-4-15-12(3-1)7-16(25-15)14-8-19-17-5-6-18(21-22(14)17)24-10-13-9-23-11-20-13/h1-8,13,20H,9-11H2. The van der Waals surface area contributed by atoms with Gasteiger partial charge in [-0.3, -0.25) is 5.32 Å². The van der Waals surface area contributed by atoms with Crippen LogP contribution in [0, 0.1) is 0 Å². The molecule has 126 valence electrons. The molecule has 0 radical (unpaired) electrons. The smallest absolute Gasteiger partial charge is 0.231 e. The van der Waals surface area contributed by atoms with Crippen LogP contribution in [0.1, 0.15) is 0 Å². The Hall–Kier alpha value is -2.90. The summed E-state index contributed by atoms with van der Waals surface area (Å²) in [5.41, 5.74) is 2.37. The number of rotatable bonds is 4. The number of ether oxygens (including phenoxy) is 2. The first kappa shape index (κ1) is 14.4. The minimum absolute atomic E-state index is 0.190. The van der Waals surface area contributed by atoms with Crippen molar-refractivity contribution in [2.24, 2.45) is 0 Å². The van der Waals surface area contributed by atoms with Crippen molar-refractivity contribution in [2.45, 2.75) is 6.04 Å². The van der Waals surface area contributed by atoms with Gasteiger partial charge in [-0.15, -0.1) is 5.10 Å². The summed E-state index contributed by atoms with van der Waals surface area (Å²) in [6.45, 7) is 1.73. The van der Waals surface area contributed by atoms with Crippen LogP contribution in [-0.4, -0.2) is 40.6 Å². The molecule has 25 heavy (non-hydrogen) atoms. The van der Waals surface area contributed by atoms with E-state index in [-0.39, 0.29) is 6.04 Å². The summed E-state index contributed by atoms with van der Waals surface area (Å²) in [7, 11) is 0. The summed E-state index contributed by atoms with van der Waals surface area (Å²) in [5.74, 6) is 1.26. The van der Waals surface area contributed by atoms with Crippen molar-refractivity contribution in [1.29, 1.82) is 0 Å². The molecule has 3 aromatic heterocycles. The van der Waals surface area contributed by atoms with Gasteiger partial charge < -0.3 is 13.9 Å². The topological polar surface area (TPSA) is 73.8 Å². The number of aromatic nitrogens is 3. The molecule has 4 heterocycles. The van der Waals surface area contributed by atoms with E-state index < -0.39 is 0 Å². The van der Waals surface area contributed by atoms with Gasteiger partial charge in [0.1, 0.15) is 17.9 Å². The molecule has 1 fully saturated rings. The van der Waals surface area contributed by atoms with Gasteiger partial charge in [-0.25, -0.2) is 9.50 Å². The maximum Gasteiger partial charge on any atom is 0.231 e. The second-order valence-electron chi connectivity index (χ2n) is 5.96. The third-order valence-corrected chi connectivity index (χ3v) is 4.24. The number of nitrogens with zero attached hydrogens (tertiary/aromatic N) is 3. The Labute approximate surface area is 143 Å². The van der Waals surface area contributed by atoms with Gasteiger partial charge in [0.2, 0.25) is 5.88 Å². The molecular weight excluding hydrogens is 320 g/mol. The molecule has 1 aliphatic rings. The number of hydrogen-bond donors (Lipinski definition) is 1. The Bertz CT molecular complexity index is 1000. The van der Waals surface area contributed by atoms with Gasteiger partial charge in [-0.1, -0.05) is 18.2 Å². The van der Waals surface area contributed by atoms with Gasteiger partial charge >= 0.3 is 0 Å². The highest BCUT2D eigenvalue weighted by atomic mass is 16.5. The lowest BCUT2D eigenvalue weighted by Crippen LogP contribution is -2.30. The Kier molecular flexibility index (Phi) is 3.39. The first-order valence-corrected chi connectivity index (χ1v) is 8.14. The predicted molar refractivity (Wildman–Crippen MR) is 91.4 cm³/mol. The molecule has 7 heteroatoms. The van der Waals surface area contributed by atoms with E-state index in [4.69, 9.17) is 13.9 Å². The van der Waals surface area contributed by atoms with Crippen LogP contribution in [0.4, 0.5) is 0 Å². The van der Waals surface area contributed by atoms with Crippen molar-refractivity contribution in [1.82, 2.24) is 19.9 Å². The monoisotopic (exact) mass is 336 g/mol. The molecule has 4 aromatic rings. The number of furan rings is 1. The van der Waals surface area contributed by atoms with Crippen molar-refractivity contribution >= 4 is 16.6 Å². The molecule has 0 saturated carbocycles. The SMILES string of the molecule is c1ccc2oc(-c3cnc4ccc(OCC5COCN5)nn34)cc2c1. The molecular formula is C18H16N4O3. The fraction of sp³-hybridized carbons (Fsp3) is 0.222. The predicted octanol–water partition coefficient (Wildman–Crippen LogP) is 2.47. The molecule has 7 nitrogen and oxygen atoms in total. The zero-order valence-electron chi connectivity index (χ0n) is 13.4. The molecule has 5 rings (SSSR count). The van der Waals surface area contributed by atoms with E-state index in [0.29, 0.717) is 25.8 Å². The molecule has 0 spiro atoms. The highest BCUT2D eigenvalue weighted by Crippen LogP contribution is 2.28. The minimum Gasteiger partial charge on any atom is -0.475 e. The molecule has 1 atom stereocenters. The summed E-state index contributed by atoms with van der Waals surface area (Å²) >= 11 is 0. The lowest BCUT2D eigenvalue weighted by molar-refractivity contribution is 0.180. The van der Waals surface area contributed by atoms with Crippen LogP contribution in [0.25, 0.3) is 28.1 Å². The van der Waals surface area contributed by atoms with Crippen molar-refractivity contribution in [3.05, 3.63) is 48.7 Å². The fourth-order valence-electron chi connectivity index (χ4n) is 2.94. The summed E-state index contributed by atoms with van der Waals surface area (Å²) < 4.78 is 18.7. The normalized spacial score (nSPS) is 17.5. The Morgan fingerprint density at radius 1 is 1.24 bits per heavy atom. The van der Waals surface area contributed by atoms with Crippen LogP contribution in [-0.2, 0) is 4.74 Å². The van der Waals surface area contributed by atoms with E-state index >= 15 is 0 Å². The fourth-order valence-corrected chi connectivity index (χ4v) is 2.94. The van der Waals surface area contributed by atoms with Gasteiger partial charge in [-0.2, -0.15) is 0 Å². The molecule has 1 saturated heterocycles. The number of fused-ring (bicyclic) bond motifs is 2. The number of benzene rings is 1. The summed E-state index contributed by atoms with van der Waals surface area (Å²) in [6.07, 6.45) is 1.76. The number of nitrogens with one attached hydrogen (secondary N) is 1. The van der Waals surface area contributed by atoms with Crippen molar-refractivity contribution in [3.8, 4) is 17.3 Å². The third-order valence-electron chi connectivity index (χ3n) is 4.24. The molecule has 1 aliphatic heterocycles. The van der Waals surface area contributed by atoms with E-state index in [2.05, 4.69) is 15.4 Å². The molecule has 0 aliphatic carbocycles. The van der Waals surface area contributed by atoms with Gasteiger partial charge in [0.25, 0.3) is 0 Å². The highest BCUT2D eigenvalue weighted by Gasteiger charge is 2.16. The van der Waals surface area contributed by atoms with Crippen molar-refractivity contribution in [3.63, 3.8) is 0 Å². The minimum atomic E-state index is 0.190. The maximum atomic E-state index is 5.93. The van der Waals surface area contributed by atoms with Gasteiger partial charge in [0.05, 0.1) is 25.6 Å². The summed E-state index contributed by atoms with van der Waals surface area (Å²) in [5, 5.41) is 8.80. The molecule has 0 amide bonds. The zero-order valence-corrected chi connectivity index (χ0v) is 13.4. The average Bonchev–Trinajstić information content (AvgIpc) is 3.37. The van der Waals surface area contributed by atoms with E-state index in [1.807, 2.05) is 42.5 Å².